The van der Waals surface area contributed by atoms with Crippen molar-refractivity contribution in [3.8, 4) is 5.75 Å². The predicted octanol–water partition coefficient (Wildman–Crippen LogP) is 13.7. The lowest BCUT2D eigenvalue weighted by atomic mass is 9.89. The molecule has 0 heterocycles. The first kappa shape index (κ1) is 55.5. The van der Waals surface area contributed by atoms with Gasteiger partial charge in [-0.05, 0) is 119 Å². The number of aliphatic hydroxyl groups is 1. The van der Waals surface area contributed by atoms with E-state index in [4.69, 9.17) is 23.1 Å². The van der Waals surface area contributed by atoms with Gasteiger partial charge in [0.25, 0.3) is 0 Å². The lowest BCUT2D eigenvalue weighted by Gasteiger charge is -2.42. The van der Waals surface area contributed by atoms with Crippen LogP contribution >= 0.6 is 0 Å². The Morgan fingerprint density at radius 1 is 0.950 bits per heavy atom. The van der Waals surface area contributed by atoms with E-state index in [-0.39, 0.29) is 41.2 Å². The van der Waals surface area contributed by atoms with Crippen LogP contribution in [0.3, 0.4) is 0 Å². The van der Waals surface area contributed by atoms with Crippen LogP contribution < -0.4 is 4.74 Å². The zero-order valence-corrected chi connectivity index (χ0v) is 43.0. The summed E-state index contributed by atoms with van der Waals surface area (Å²) in [6, 6.07) is 10.8. The van der Waals surface area contributed by atoms with Gasteiger partial charge in [-0.3, -0.25) is 0 Å². The smallest absolute Gasteiger partial charge is 0.330 e. The zero-order chi connectivity index (χ0) is 45.9. The third kappa shape index (κ3) is 18.4. The lowest BCUT2D eigenvalue weighted by Crippen LogP contribution is -2.51. The Labute approximate surface area is 370 Å². The number of hydrogen-bond acceptors (Lipinski definition) is 7. The Balaban J connectivity index is 3.26. The molecule has 0 bridgehead atoms. The molecule has 0 saturated carbocycles. The molecule has 9 heteroatoms. The van der Waals surface area contributed by atoms with Crippen LogP contribution in [0, 0.1) is 17.8 Å². The molecule has 0 aliphatic heterocycles. The van der Waals surface area contributed by atoms with Gasteiger partial charge in [0.15, 0.2) is 16.6 Å². The van der Waals surface area contributed by atoms with Gasteiger partial charge in [-0.2, -0.15) is 0 Å². The van der Waals surface area contributed by atoms with Crippen LogP contribution in [0.1, 0.15) is 128 Å². The summed E-state index contributed by atoms with van der Waals surface area (Å²) in [7, 11) is -2.53. The number of esters is 1. The largest absolute Gasteiger partial charge is 0.497 e. The Morgan fingerprint density at radius 2 is 1.55 bits per heavy atom. The summed E-state index contributed by atoms with van der Waals surface area (Å²) >= 11 is 0. The van der Waals surface area contributed by atoms with Crippen LogP contribution in [-0.2, 0) is 29.7 Å². The topological polar surface area (TPSA) is 83.5 Å². The summed E-state index contributed by atoms with van der Waals surface area (Å²) in [5, 5.41) is 12.1. The van der Waals surface area contributed by atoms with Crippen molar-refractivity contribution in [3.63, 3.8) is 0 Å². The van der Waals surface area contributed by atoms with E-state index in [1.807, 2.05) is 57.2 Å². The molecule has 0 amide bonds. The fourth-order valence-electron chi connectivity index (χ4n) is 7.16. The van der Waals surface area contributed by atoms with Crippen molar-refractivity contribution in [2.24, 2.45) is 17.8 Å². The highest BCUT2D eigenvalue weighted by Gasteiger charge is 2.42. The molecule has 0 aliphatic rings. The van der Waals surface area contributed by atoms with E-state index in [9.17, 15) is 9.90 Å². The number of carbonyl (C=O) groups excluding carboxylic acids is 1. The van der Waals surface area contributed by atoms with Crippen molar-refractivity contribution < 1.29 is 33.0 Å². The van der Waals surface area contributed by atoms with Crippen LogP contribution in [0.15, 0.2) is 85.0 Å². The first-order valence-electron chi connectivity index (χ1n) is 22.7. The van der Waals surface area contributed by atoms with Crippen molar-refractivity contribution in [1.29, 1.82) is 0 Å². The number of benzene rings is 1. The molecule has 60 heavy (non-hydrogen) atoms. The van der Waals surface area contributed by atoms with Crippen molar-refractivity contribution in [3.05, 3.63) is 90.6 Å². The second-order valence-electron chi connectivity index (χ2n) is 19.3. The molecule has 0 radical (unpaired) electrons. The highest BCUT2D eigenvalue weighted by atomic mass is 28.4. The molecule has 0 saturated heterocycles. The maximum absolute atomic E-state index is 13.6. The van der Waals surface area contributed by atoms with Crippen LogP contribution in [0.4, 0.5) is 0 Å². The fraction of sp³-hybridized carbons (Fsp3) is 0.667. The maximum Gasteiger partial charge on any atom is 0.330 e. The Bertz CT molecular complexity index is 1510. The number of rotatable bonds is 29. The number of ether oxygens (including phenoxy) is 3. The quantitative estimate of drug-likeness (QED) is 0.0372. The molecule has 0 spiro atoms. The summed E-state index contributed by atoms with van der Waals surface area (Å²) in [6.07, 6.45) is 13.6. The Kier molecular flexibility index (Phi) is 24.2. The second kappa shape index (κ2) is 26.2. The van der Waals surface area contributed by atoms with Gasteiger partial charge in [-0.25, -0.2) is 4.79 Å². The molecule has 7 atom stereocenters. The average Bonchev–Trinajstić information content (AvgIpc) is 3.17. The minimum absolute atomic E-state index is 0.0109. The monoisotopic (exact) mass is 869 g/mol. The van der Waals surface area contributed by atoms with Crippen molar-refractivity contribution in [2.75, 3.05) is 7.11 Å². The van der Waals surface area contributed by atoms with E-state index in [1.54, 1.807) is 13.2 Å². The summed E-state index contributed by atoms with van der Waals surface area (Å²) in [5.41, 5.74) is 1.98. The summed E-state index contributed by atoms with van der Waals surface area (Å²) in [4.78, 5) is 13.6. The molecule has 1 aromatic carbocycles. The molecule has 1 N–H and O–H groups in total. The summed E-state index contributed by atoms with van der Waals surface area (Å²) in [5.74, 6) is 0.884. The van der Waals surface area contributed by atoms with E-state index in [2.05, 4.69) is 114 Å². The molecule has 0 fully saturated rings. The molecule has 7 nitrogen and oxygen atoms in total. The van der Waals surface area contributed by atoms with E-state index in [0.29, 0.717) is 38.2 Å². The van der Waals surface area contributed by atoms with E-state index >= 15 is 0 Å². The summed E-state index contributed by atoms with van der Waals surface area (Å²) < 4.78 is 31.8. The van der Waals surface area contributed by atoms with E-state index in [1.165, 1.54) is 0 Å². The first-order valence-corrected chi connectivity index (χ1v) is 28.2. The Hall–Kier alpha value is -2.54. The van der Waals surface area contributed by atoms with Crippen molar-refractivity contribution in [2.45, 2.75) is 195 Å². The predicted molar refractivity (Wildman–Crippen MR) is 260 cm³/mol. The van der Waals surface area contributed by atoms with Gasteiger partial charge in [0.1, 0.15) is 11.9 Å². The van der Waals surface area contributed by atoms with Crippen LogP contribution in [0.5, 0.6) is 5.75 Å². The first-order chi connectivity index (χ1) is 27.9. The number of aliphatic hydroxyl groups excluding tert-OH is 1. The number of allylic oxidation sites excluding steroid dienone is 2. The van der Waals surface area contributed by atoms with Gasteiger partial charge in [0, 0.05) is 12.0 Å². The third-order valence-electron chi connectivity index (χ3n) is 12.8. The van der Waals surface area contributed by atoms with Gasteiger partial charge < -0.3 is 28.2 Å². The zero-order valence-electron chi connectivity index (χ0n) is 41.0. The third-order valence-corrected chi connectivity index (χ3v) is 22.1. The minimum atomic E-state index is -2.15. The highest BCUT2D eigenvalue weighted by Crippen LogP contribution is 2.39. The molecular formula is C51H88O7Si2. The van der Waals surface area contributed by atoms with Gasteiger partial charge in [0.2, 0.25) is 0 Å². The van der Waals surface area contributed by atoms with Crippen molar-refractivity contribution in [1.82, 2.24) is 0 Å². The van der Waals surface area contributed by atoms with Gasteiger partial charge in [-0.15, -0.1) is 6.58 Å². The molecule has 1 rings (SSSR count). The van der Waals surface area contributed by atoms with E-state index in [0.717, 1.165) is 47.0 Å². The highest BCUT2D eigenvalue weighted by molar-refractivity contribution is 6.74. The number of hydrogen-bond donors (Lipinski definition) is 1. The van der Waals surface area contributed by atoms with Crippen LogP contribution in [0.25, 0.3) is 0 Å². The molecule has 0 aliphatic carbocycles. The molecule has 1 aromatic rings. The maximum atomic E-state index is 13.6. The Morgan fingerprint density at radius 3 is 2.05 bits per heavy atom. The second-order valence-corrected chi connectivity index (χ2v) is 28.7. The molecule has 0 aromatic heterocycles. The molecule has 342 valence electrons. The van der Waals surface area contributed by atoms with Crippen LogP contribution in [-0.4, -0.2) is 64.8 Å². The molecule has 1 unspecified atom stereocenters. The van der Waals surface area contributed by atoms with Crippen molar-refractivity contribution >= 4 is 22.6 Å². The number of methoxy groups -OCH3 is 1. The fourth-order valence-corrected chi connectivity index (χ4v) is 11.6. The van der Waals surface area contributed by atoms with Gasteiger partial charge in [0.05, 0.1) is 37.6 Å². The normalized spacial score (nSPS) is 17.3. The number of carbonyl (C=O) groups is 1. The van der Waals surface area contributed by atoms with Gasteiger partial charge >= 0.3 is 5.97 Å². The van der Waals surface area contributed by atoms with Crippen LogP contribution in [0.2, 0.25) is 36.3 Å². The van der Waals surface area contributed by atoms with E-state index < -0.39 is 28.3 Å². The SMILES string of the molecule is C=CC[C@@H](CC(=C)CC(O)[C@@](C)(/C=C/C[C@@H](C)[C@@H](CC(C)C)OC(=O)/C=C(\C)[C@@H](C)[C@H](/C=C/C)O[Si](C)(C)C(C)(C)C)O[Si](CC)(CC)CC)OCc1ccc(OC)cc1. The minimum Gasteiger partial charge on any atom is -0.497 e. The van der Waals surface area contributed by atoms with Gasteiger partial charge in [-0.1, -0.05) is 129 Å². The standard InChI is InChI=1S/C51H88O7Si2/c1-19-25-45(55-37-43-28-30-44(54-16)31-29-43)34-39(8)35-48(52)51(15,58-60(21-3,22-4)23-5)32-24-27-40(9)47(33-38(6)7)56-49(53)36-41(10)42(11)46(26-20-2)57-59(17,18)50(12,13)14/h19-20,24,26,28-32,36,38,40,42,45-48,52H,1,8,21-23,25,27,33-35,37H2,2-7,9-18H3/b26-20+,32-24+,41-36+/t40-,42-,45+,46+,47-,48?,51-/m1/s1. The average molecular weight is 869 g/mol. The summed E-state index contributed by atoms with van der Waals surface area (Å²) in [6.45, 7) is 41.3. The lowest BCUT2D eigenvalue weighted by molar-refractivity contribution is -0.146. The molecular weight excluding hydrogens is 781 g/mol.